The third-order valence-electron chi connectivity index (χ3n) is 3.80. The third-order valence-corrected chi connectivity index (χ3v) is 4.86. The maximum Gasteiger partial charge on any atom is 0.119 e. The van der Waals surface area contributed by atoms with Gasteiger partial charge in [0.25, 0.3) is 0 Å². The van der Waals surface area contributed by atoms with Gasteiger partial charge in [-0.15, -0.1) is 0 Å². The molecule has 0 bridgehead atoms. The lowest BCUT2D eigenvalue weighted by molar-refractivity contribution is 0.414. The molecule has 1 aliphatic rings. The third kappa shape index (κ3) is 2.55. The zero-order valence-corrected chi connectivity index (χ0v) is 12.6. The van der Waals surface area contributed by atoms with Gasteiger partial charge in [0.2, 0.25) is 0 Å². The fourth-order valence-corrected chi connectivity index (χ4v) is 3.31. The van der Waals surface area contributed by atoms with Crippen LogP contribution in [0.15, 0.2) is 42.5 Å². The quantitative estimate of drug-likeness (QED) is 0.748. The Morgan fingerprint density at radius 2 is 1.79 bits per heavy atom. The summed E-state index contributed by atoms with van der Waals surface area (Å²) in [4.78, 5) is 0.230. The summed E-state index contributed by atoms with van der Waals surface area (Å²) in [6.45, 7) is 0. The largest absolute Gasteiger partial charge is 0.497 e. The molecule has 0 fully saturated rings. The van der Waals surface area contributed by atoms with E-state index in [1.54, 1.807) is 7.11 Å². The number of fused-ring (bicyclic) bond motifs is 1. The van der Waals surface area contributed by atoms with E-state index in [0.717, 1.165) is 5.75 Å². The van der Waals surface area contributed by atoms with Crippen LogP contribution in [-0.4, -0.2) is 7.11 Å². The molecule has 1 unspecified atom stereocenters. The highest BCUT2D eigenvalue weighted by molar-refractivity contribution is 9.09. The molecule has 0 radical (unpaired) electrons. The van der Waals surface area contributed by atoms with Gasteiger partial charge in [0, 0.05) is 0 Å². The van der Waals surface area contributed by atoms with Gasteiger partial charge in [0.15, 0.2) is 0 Å². The molecular weight excluding hydrogens is 300 g/mol. The van der Waals surface area contributed by atoms with Crippen molar-refractivity contribution >= 4 is 15.9 Å². The Kier molecular flexibility index (Phi) is 3.61. The van der Waals surface area contributed by atoms with Gasteiger partial charge in [0.1, 0.15) is 5.75 Å². The van der Waals surface area contributed by atoms with Crippen molar-refractivity contribution in [3.63, 3.8) is 0 Å². The first-order valence-electron chi connectivity index (χ1n) is 6.67. The number of hydrogen-bond donors (Lipinski definition) is 0. The number of benzene rings is 2. The summed E-state index contributed by atoms with van der Waals surface area (Å²) < 4.78 is 5.29. The first-order chi connectivity index (χ1) is 9.28. The maximum absolute atomic E-state index is 5.29. The number of halogens is 1. The Balaban J connectivity index is 1.92. The molecule has 98 valence electrons. The number of alkyl halides is 1. The van der Waals surface area contributed by atoms with Crippen LogP contribution in [0.3, 0.4) is 0 Å². The van der Waals surface area contributed by atoms with E-state index in [2.05, 4.69) is 46.3 Å². The van der Waals surface area contributed by atoms with E-state index in [1.807, 2.05) is 12.1 Å². The van der Waals surface area contributed by atoms with E-state index in [-0.39, 0.29) is 4.83 Å². The summed E-state index contributed by atoms with van der Waals surface area (Å²) in [7, 11) is 1.71. The van der Waals surface area contributed by atoms with Gasteiger partial charge in [-0.3, -0.25) is 0 Å². The molecule has 2 aromatic carbocycles. The smallest absolute Gasteiger partial charge is 0.119 e. The first-order valence-corrected chi connectivity index (χ1v) is 7.59. The van der Waals surface area contributed by atoms with Crippen molar-refractivity contribution in [1.29, 1.82) is 0 Å². The van der Waals surface area contributed by atoms with Crippen molar-refractivity contribution in [2.75, 3.05) is 7.11 Å². The van der Waals surface area contributed by atoms with Gasteiger partial charge in [-0.05, 0) is 53.6 Å². The lowest BCUT2D eigenvalue weighted by Gasteiger charge is -2.13. The summed E-state index contributed by atoms with van der Waals surface area (Å²) >= 11 is 3.81. The standard InChI is InChI=1S/C17H17BrO/c1-19-16-7-3-6-14(11-16)17(18)15-9-8-12-4-2-5-13(12)10-15/h3,6-11,17H,2,4-5H2,1H3. The van der Waals surface area contributed by atoms with E-state index in [9.17, 15) is 0 Å². The lowest BCUT2D eigenvalue weighted by Crippen LogP contribution is -1.95. The Bertz CT molecular complexity index is 592. The number of ether oxygens (including phenoxy) is 1. The molecule has 1 nitrogen and oxygen atoms in total. The molecule has 0 heterocycles. The van der Waals surface area contributed by atoms with Crippen LogP contribution in [0.1, 0.15) is 33.5 Å². The van der Waals surface area contributed by atoms with Crippen LogP contribution in [-0.2, 0) is 12.8 Å². The number of rotatable bonds is 3. The average Bonchev–Trinajstić information content (AvgIpc) is 2.94. The number of aryl methyl sites for hydroxylation is 2. The zero-order chi connectivity index (χ0) is 13.2. The van der Waals surface area contributed by atoms with Crippen molar-refractivity contribution < 1.29 is 4.74 Å². The van der Waals surface area contributed by atoms with Crippen LogP contribution in [0.5, 0.6) is 5.75 Å². The maximum atomic E-state index is 5.29. The second kappa shape index (κ2) is 5.38. The average molecular weight is 317 g/mol. The molecule has 3 rings (SSSR count). The Hall–Kier alpha value is -1.28. The van der Waals surface area contributed by atoms with E-state index in [1.165, 1.54) is 41.5 Å². The SMILES string of the molecule is COc1cccc(C(Br)c2ccc3c(c2)CCC3)c1. The summed E-state index contributed by atoms with van der Waals surface area (Å²) in [6, 6.07) is 15.1. The summed E-state index contributed by atoms with van der Waals surface area (Å²) in [5, 5.41) is 0. The van der Waals surface area contributed by atoms with Crippen molar-refractivity contribution in [2.24, 2.45) is 0 Å². The zero-order valence-electron chi connectivity index (χ0n) is 11.0. The fraction of sp³-hybridized carbons (Fsp3) is 0.294. The summed E-state index contributed by atoms with van der Waals surface area (Å²) in [6.07, 6.45) is 3.76. The van der Waals surface area contributed by atoms with Gasteiger partial charge in [0.05, 0.1) is 11.9 Å². The number of methoxy groups -OCH3 is 1. The van der Waals surface area contributed by atoms with Gasteiger partial charge >= 0.3 is 0 Å². The molecule has 19 heavy (non-hydrogen) atoms. The van der Waals surface area contributed by atoms with E-state index < -0.39 is 0 Å². The van der Waals surface area contributed by atoms with Crippen molar-refractivity contribution in [1.82, 2.24) is 0 Å². The molecule has 0 saturated carbocycles. The molecule has 2 heteroatoms. The minimum absolute atomic E-state index is 0.230. The van der Waals surface area contributed by atoms with Crippen LogP contribution in [0.2, 0.25) is 0 Å². The monoisotopic (exact) mass is 316 g/mol. The first kappa shape index (κ1) is 12.7. The molecule has 0 amide bonds. The lowest BCUT2D eigenvalue weighted by atomic mass is 10.0. The molecule has 0 aromatic heterocycles. The molecule has 1 atom stereocenters. The highest BCUT2D eigenvalue weighted by Gasteiger charge is 2.15. The van der Waals surface area contributed by atoms with Gasteiger partial charge in [-0.1, -0.05) is 46.3 Å². The van der Waals surface area contributed by atoms with Gasteiger partial charge in [-0.2, -0.15) is 0 Å². The highest BCUT2D eigenvalue weighted by Crippen LogP contribution is 2.34. The van der Waals surface area contributed by atoms with Gasteiger partial charge < -0.3 is 4.74 Å². The van der Waals surface area contributed by atoms with E-state index >= 15 is 0 Å². The fourth-order valence-electron chi connectivity index (χ4n) is 2.74. The predicted molar refractivity (Wildman–Crippen MR) is 82.2 cm³/mol. The summed E-state index contributed by atoms with van der Waals surface area (Å²) in [5.74, 6) is 0.906. The number of hydrogen-bond acceptors (Lipinski definition) is 1. The second-order valence-electron chi connectivity index (χ2n) is 5.02. The van der Waals surface area contributed by atoms with Crippen LogP contribution in [0.4, 0.5) is 0 Å². The Labute approximate surface area is 122 Å². The molecular formula is C17H17BrO. The second-order valence-corrected chi connectivity index (χ2v) is 5.94. The molecule has 0 saturated heterocycles. The van der Waals surface area contributed by atoms with Crippen LogP contribution in [0, 0.1) is 0 Å². The van der Waals surface area contributed by atoms with Crippen molar-refractivity contribution in [3.05, 3.63) is 64.7 Å². The topological polar surface area (TPSA) is 9.23 Å². The van der Waals surface area contributed by atoms with Crippen LogP contribution >= 0.6 is 15.9 Å². The minimum Gasteiger partial charge on any atom is -0.497 e. The molecule has 1 aliphatic carbocycles. The molecule has 0 spiro atoms. The highest BCUT2D eigenvalue weighted by atomic mass is 79.9. The normalized spacial score (nSPS) is 15.1. The van der Waals surface area contributed by atoms with E-state index in [0.29, 0.717) is 0 Å². The van der Waals surface area contributed by atoms with Crippen molar-refractivity contribution in [3.8, 4) is 5.75 Å². The van der Waals surface area contributed by atoms with Crippen molar-refractivity contribution in [2.45, 2.75) is 24.1 Å². The minimum atomic E-state index is 0.230. The predicted octanol–water partition coefficient (Wildman–Crippen LogP) is 4.67. The van der Waals surface area contributed by atoms with Crippen LogP contribution < -0.4 is 4.74 Å². The molecule has 2 aromatic rings. The molecule has 0 aliphatic heterocycles. The Morgan fingerprint density at radius 3 is 2.63 bits per heavy atom. The van der Waals surface area contributed by atoms with Crippen LogP contribution in [0.25, 0.3) is 0 Å². The summed E-state index contributed by atoms with van der Waals surface area (Å²) in [5.41, 5.74) is 5.60. The molecule has 0 N–H and O–H groups in total. The van der Waals surface area contributed by atoms with Gasteiger partial charge in [-0.25, -0.2) is 0 Å². The Morgan fingerprint density at radius 1 is 1.00 bits per heavy atom. The van der Waals surface area contributed by atoms with E-state index in [4.69, 9.17) is 4.74 Å².